The van der Waals surface area contributed by atoms with Gasteiger partial charge in [-0.05, 0) is 35.0 Å². The Hall–Kier alpha value is -1.49. The van der Waals surface area contributed by atoms with Crippen LogP contribution in [0.15, 0.2) is 35.1 Å². The lowest BCUT2D eigenvalue weighted by Crippen LogP contribution is -1.98. The van der Waals surface area contributed by atoms with Crippen molar-refractivity contribution in [3.63, 3.8) is 0 Å². The summed E-state index contributed by atoms with van der Waals surface area (Å²) in [5, 5.41) is 0. The van der Waals surface area contributed by atoms with E-state index >= 15 is 0 Å². The maximum Gasteiger partial charge on any atom is 0.301 e. The predicted octanol–water partition coefficient (Wildman–Crippen LogP) is 3.04. The first-order chi connectivity index (χ1) is 7.70. The third-order valence-electron chi connectivity index (χ3n) is 2.17. The van der Waals surface area contributed by atoms with Gasteiger partial charge in [0.1, 0.15) is 5.75 Å². The Labute approximate surface area is 102 Å². The molecule has 0 amide bonds. The molecule has 0 radical (unpaired) electrons. The number of anilines is 1. The van der Waals surface area contributed by atoms with Crippen molar-refractivity contribution in [2.24, 2.45) is 0 Å². The Kier molecular flexibility index (Phi) is 3.14. The molecular weight excluding hydrogens is 270 g/mol. The van der Waals surface area contributed by atoms with E-state index < -0.39 is 0 Å². The van der Waals surface area contributed by atoms with Crippen LogP contribution >= 0.6 is 15.9 Å². The summed E-state index contributed by atoms with van der Waals surface area (Å²) in [6.07, 6.45) is 3.58. The van der Waals surface area contributed by atoms with Crippen molar-refractivity contribution in [1.82, 2.24) is 9.55 Å². The minimum atomic E-state index is 0.564. The molecule has 1 aromatic heterocycles. The fourth-order valence-corrected chi connectivity index (χ4v) is 1.67. The minimum Gasteiger partial charge on any atom is -0.424 e. The van der Waals surface area contributed by atoms with Gasteiger partial charge in [-0.1, -0.05) is 0 Å². The van der Waals surface area contributed by atoms with Gasteiger partial charge in [0.2, 0.25) is 0 Å². The van der Waals surface area contributed by atoms with Crippen LogP contribution in [0.3, 0.4) is 0 Å². The molecule has 1 aromatic carbocycles. The van der Waals surface area contributed by atoms with E-state index in [1.807, 2.05) is 29.8 Å². The Morgan fingerprint density at radius 1 is 1.50 bits per heavy atom. The zero-order valence-electron chi connectivity index (χ0n) is 8.85. The van der Waals surface area contributed by atoms with Crippen molar-refractivity contribution in [2.75, 3.05) is 5.73 Å². The van der Waals surface area contributed by atoms with Gasteiger partial charge >= 0.3 is 6.01 Å². The number of aryl methyl sites for hydroxylation is 1. The summed E-state index contributed by atoms with van der Waals surface area (Å²) >= 11 is 3.41. The van der Waals surface area contributed by atoms with Crippen LogP contribution in [0.25, 0.3) is 0 Å². The van der Waals surface area contributed by atoms with Crippen LogP contribution in [0.2, 0.25) is 0 Å². The standard InChI is InChI=1S/C11H12BrN3O/c1-2-15-6-5-14-11(15)16-10-7-8(13)3-4-9(10)12/h3-7H,2,13H2,1H3. The van der Waals surface area contributed by atoms with Crippen LogP contribution in [-0.2, 0) is 6.54 Å². The zero-order chi connectivity index (χ0) is 11.5. The van der Waals surface area contributed by atoms with E-state index in [2.05, 4.69) is 20.9 Å². The molecule has 2 N–H and O–H groups in total. The summed E-state index contributed by atoms with van der Waals surface area (Å²) in [7, 11) is 0. The molecule has 0 bridgehead atoms. The zero-order valence-corrected chi connectivity index (χ0v) is 10.4. The largest absolute Gasteiger partial charge is 0.424 e. The molecule has 1 heterocycles. The van der Waals surface area contributed by atoms with Gasteiger partial charge in [-0.3, -0.25) is 0 Å². The van der Waals surface area contributed by atoms with Crippen molar-refractivity contribution in [3.8, 4) is 11.8 Å². The third kappa shape index (κ3) is 2.19. The summed E-state index contributed by atoms with van der Waals surface area (Å²) in [5.74, 6) is 0.668. The second-order valence-electron chi connectivity index (χ2n) is 3.29. The highest BCUT2D eigenvalue weighted by atomic mass is 79.9. The van der Waals surface area contributed by atoms with Crippen molar-refractivity contribution < 1.29 is 4.74 Å². The molecule has 2 aromatic rings. The number of hydrogen-bond donors (Lipinski definition) is 1. The average molecular weight is 282 g/mol. The van der Waals surface area contributed by atoms with Crippen LogP contribution in [0.4, 0.5) is 5.69 Å². The predicted molar refractivity (Wildman–Crippen MR) is 66.5 cm³/mol. The quantitative estimate of drug-likeness (QED) is 0.880. The topological polar surface area (TPSA) is 53.1 Å². The molecule has 16 heavy (non-hydrogen) atoms. The lowest BCUT2D eigenvalue weighted by atomic mass is 10.3. The molecule has 4 nitrogen and oxygen atoms in total. The highest BCUT2D eigenvalue weighted by Crippen LogP contribution is 2.30. The number of hydrogen-bond acceptors (Lipinski definition) is 3. The van der Waals surface area contributed by atoms with Gasteiger partial charge in [0.05, 0.1) is 4.47 Å². The molecule has 0 saturated heterocycles. The van der Waals surface area contributed by atoms with Crippen LogP contribution in [0, 0.1) is 0 Å². The van der Waals surface area contributed by atoms with Crippen LogP contribution < -0.4 is 10.5 Å². The van der Waals surface area contributed by atoms with Gasteiger partial charge in [-0.2, -0.15) is 0 Å². The van der Waals surface area contributed by atoms with E-state index in [9.17, 15) is 0 Å². The molecule has 0 spiro atoms. The molecule has 0 aliphatic carbocycles. The maximum atomic E-state index is 5.70. The summed E-state index contributed by atoms with van der Waals surface area (Å²) in [6.45, 7) is 2.85. The smallest absolute Gasteiger partial charge is 0.301 e. The SMILES string of the molecule is CCn1ccnc1Oc1cc(N)ccc1Br. The Morgan fingerprint density at radius 3 is 3.06 bits per heavy atom. The van der Waals surface area contributed by atoms with Crippen molar-refractivity contribution in [1.29, 1.82) is 0 Å². The van der Waals surface area contributed by atoms with Gasteiger partial charge < -0.3 is 15.0 Å². The van der Waals surface area contributed by atoms with Gasteiger partial charge in [-0.15, -0.1) is 0 Å². The normalized spacial score (nSPS) is 10.4. The second-order valence-corrected chi connectivity index (χ2v) is 4.14. The molecule has 84 valence electrons. The number of rotatable bonds is 3. The Bertz CT molecular complexity index is 496. The van der Waals surface area contributed by atoms with Gasteiger partial charge in [-0.25, -0.2) is 4.98 Å². The lowest BCUT2D eigenvalue weighted by Gasteiger charge is -2.08. The first-order valence-corrected chi connectivity index (χ1v) is 5.74. The molecular formula is C11H12BrN3O. The van der Waals surface area contributed by atoms with E-state index in [1.165, 1.54) is 0 Å². The number of ether oxygens (including phenoxy) is 1. The molecule has 0 aliphatic heterocycles. The molecule has 5 heteroatoms. The van der Waals surface area contributed by atoms with E-state index in [0.717, 1.165) is 11.0 Å². The average Bonchev–Trinajstić information content (AvgIpc) is 2.71. The summed E-state index contributed by atoms with van der Waals surface area (Å²) in [6, 6.07) is 5.99. The van der Waals surface area contributed by atoms with E-state index in [0.29, 0.717) is 17.4 Å². The summed E-state index contributed by atoms with van der Waals surface area (Å²) in [4.78, 5) is 4.13. The minimum absolute atomic E-state index is 0.564. The fourth-order valence-electron chi connectivity index (χ4n) is 1.34. The summed E-state index contributed by atoms with van der Waals surface area (Å²) in [5.41, 5.74) is 6.36. The number of benzene rings is 1. The fraction of sp³-hybridized carbons (Fsp3) is 0.182. The third-order valence-corrected chi connectivity index (χ3v) is 2.83. The number of nitrogen functional groups attached to an aromatic ring is 1. The van der Waals surface area contributed by atoms with Gasteiger partial charge in [0.25, 0.3) is 0 Å². The van der Waals surface area contributed by atoms with E-state index in [-0.39, 0.29) is 0 Å². The summed E-state index contributed by atoms with van der Waals surface area (Å²) < 4.78 is 8.44. The highest BCUT2D eigenvalue weighted by Gasteiger charge is 2.07. The van der Waals surface area contributed by atoms with E-state index in [4.69, 9.17) is 10.5 Å². The molecule has 0 unspecified atom stereocenters. The molecule has 0 aliphatic rings. The van der Waals surface area contributed by atoms with Crippen molar-refractivity contribution in [2.45, 2.75) is 13.5 Å². The van der Waals surface area contributed by atoms with Crippen LogP contribution in [0.5, 0.6) is 11.8 Å². The monoisotopic (exact) mass is 281 g/mol. The number of nitrogens with zero attached hydrogens (tertiary/aromatic N) is 2. The second kappa shape index (κ2) is 4.57. The first kappa shape index (κ1) is 11.0. The lowest BCUT2D eigenvalue weighted by molar-refractivity contribution is 0.413. The number of aromatic nitrogens is 2. The van der Waals surface area contributed by atoms with Crippen molar-refractivity contribution in [3.05, 3.63) is 35.1 Å². The van der Waals surface area contributed by atoms with Gasteiger partial charge in [0.15, 0.2) is 0 Å². The number of halogens is 1. The first-order valence-electron chi connectivity index (χ1n) is 4.94. The molecule has 0 fully saturated rings. The van der Waals surface area contributed by atoms with Crippen LogP contribution in [0.1, 0.15) is 6.92 Å². The van der Waals surface area contributed by atoms with Crippen LogP contribution in [-0.4, -0.2) is 9.55 Å². The number of nitrogens with two attached hydrogens (primary N) is 1. The molecule has 0 atom stereocenters. The Morgan fingerprint density at radius 2 is 2.31 bits per heavy atom. The highest BCUT2D eigenvalue weighted by molar-refractivity contribution is 9.10. The maximum absolute atomic E-state index is 5.70. The molecule has 0 saturated carbocycles. The molecule has 2 rings (SSSR count). The van der Waals surface area contributed by atoms with E-state index in [1.54, 1.807) is 12.3 Å². The Balaban J connectivity index is 2.30. The van der Waals surface area contributed by atoms with Crippen molar-refractivity contribution >= 4 is 21.6 Å². The number of imidazole rings is 1. The van der Waals surface area contributed by atoms with Gasteiger partial charge in [0, 0.05) is 30.7 Å².